The molecule has 0 radical (unpaired) electrons. The Kier molecular flexibility index (Phi) is 6.13. The van der Waals surface area contributed by atoms with Gasteiger partial charge in [-0.3, -0.25) is 14.5 Å². The fraction of sp³-hybridized carbons (Fsp3) is 0.261. The van der Waals surface area contributed by atoms with E-state index in [1.54, 1.807) is 37.2 Å². The number of carbonyl (C=O) groups excluding carboxylic acids is 3. The molecule has 0 spiro atoms. The van der Waals surface area contributed by atoms with Crippen LogP contribution in [0.5, 0.6) is 0 Å². The lowest BCUT2D eigenvalue weighted by Crippen LogP contribution is -2.45. The van der Waals surface area contributed by atoms with Gasteiger partial charge < -0.3 is 15.1 Å². The van der Waals surface area contributed by atoms with Crippen molar-refractivity contribution in [1.82, 2.24) is 20.0 Å². The van der Waals surface area contributed by atoms with Crippen molar-refractivity contribution in [3.05, 3.63) is 81.0 Å². The van der Waals surface area contributed by atoms with Crippen LogP contribution in [0.15, 0.2) is 59.8 Å². The molecule has 4 rings (SSSR count). The van der Waals surface area contributed by atoms with E-state index in [9.17, 15) is 14.4 Å². The Morgan fingerprint density at radius 1 is 1.12 bits per heavy atom. The number of likely N-dealkylation sites (N-methyl/N-ethyl adjacent to an activating group) is 2. The van der Waals surface area contributed by atoms with E-state index in [0.29, 0.717) is 28.4 Å². The third-order valence-electron chi connectivity index (χ3n) is 5.74. The van der Waals surface area contributed by atoms with Crippen LogP contribution in [0.1, 0.15) is 17.2 Å². The Labute approximate surface area is 196 Å². The molecule has 2 aliphatic rings. The number of nitrogens with zero attached hydrogens (tertiary/aromatic N) is 3. The third-order valence-corrected chi connectivity index (χ3v) is 6.58. The van der Waals surface area contributed by atoms with Crippen molar-refractivity contribution in [2.24, 2.45) is 0 Å². The van der Waals surface area contributed by atoms with E-state index in [1.165, 1.54) is 9.80 Å². The minimum absolute atomic E-state index is 0.0901. The number of amides is 4. The van der Waals surface area contributed by atoms with Gasteiger partial charge in [0.2, 0.25) is 5.91 Å². The molecule has 7 nitrogen and oxygen atoms in total. The molecule has 0 saturated carbocycles. The van der Waals surface area contributed by atoms with Crippen LogP contribution in [0.3, 0.4) is 0 Å². The zero-order valence-corrected chi connectivity index (χ0v) is 19.2. The molecule has 0 bridgehead atoms. The van der Waals surface area contributed by atoms with Crippen molar-refractivity contribution >= 4 is 41.0 Å². The van der Waals surface area contributed by atoms with Gasteiger partial charge in [-0.15, -0.1) is 0 Å². The molecule has 0 aliphatic carbocycles. The van der Waals surface area contributed by atoms with Crippen molar-refractivity contribution in [2.45, 2.75) is 12.6 Å². The van der Waals surface area contributed by atoms with Crippen LogP contribution in [-0.4, -0.2) is 59.7 Å². The Balaban J connectivity index is 1.55. The zero-order valence-electron chi connectivity index (χ0n) is 17.6. The summed E-state index contributed by atoms with van der Waals surface area (Å²) >= 11 is 12.5. The van der Waals surface area contributed by atoms with Crippen molar-refractivity contribution in [2.75, 3.05) is 27.2 Å². The van der Waals surface area contributed by atoms with Crippen molar-refractivity contribution in [3.8, 4) is 0 Å². The van der Waals surface area contributed by atoms with Crippen molar-refractivity contribution in [1.29, 1.82) is 0 Å². The standard InChI is InChI=1S/C23H22Cl2N4O3/c1-27(11-14-7-4-3-5-8-14)18(30)13-29-12-17-19(22(29)31)21(26-23(32)28(17)2)15-9-6-10-16(24)20(15)25/h3-10,21H,11-13H2,1-2H3,(H,26,32). The van der Waals surface area contributed by atoms with Gasteiger partial charge in [-0.25, -0.2) is 4.79 Å². The summed E-state index contributed by atoms with van der Waals surface area (Å²) in [6, 6.07) is 13.6. The van der Waals surface area contributed by atoms with Gasteiger partial charge in [0.15, 0.2) is 0 Å². The quantitative estimate of drug-likeness (QED) is 0.723. The average molecular weight is 473 g/mol. The van der Waals surface area contributed by atoms with Crippen LogP contribution in [0, 0.1) is 0 Å². The first-order valence-corrected chi connectivity index (χ1v) is 10.8. The number of benzene rings is 2. The number of hydrogen-bond acceptors (Lipinski definition) is 3. The second-order valence-corrected chi connectivity index (χ2v) is 8.63. The molecule has 4 amide bonds. The van der Waals surface area contributed by atoms with E-state index < -0.39 is 6.04 Å². The number of carbonyl (C=O) groups is 3. The molecular weight excluding hydrogens is 451 g/mol. The Morgan fingerprint density at radius 2 is 1.84 bits per heavy atom. The number of nitrogens with one attached hydrogen (secondary N) is 1. The van der Waals surface area contributed by atoms with Gasteiger partial charge in [0.1, 0.15) is 6.54 Å². The van der Waals surface area contributed by atoms with Crippen molar-refractivity contribution < 1.29 is 14.4 Å². The SMILES string of the molecule is CN(Cc1ccccc1)C(=O)CN1CC2=C(C1=O)C(c1cccc(Cl)c1Cl)NC(=O)N2C. The fourth-order valence-corrected chi connectivity index (χ4v) is 4.37. The van der Waals surface area contributed by atoms with Gasteiger partial charge in [-0.1, -0.05) is 65.7 Å². The highest BCUT2D eigenvalue weighted by Crippen LogP contribution is 2.39. The summed E-state index contributed by atoms with van der Waals surface area (Å²) in [5, 5.41) is 3.44. The number of hydrogen-bond donors (Lipinski definition) is 1. The van der Waals surface area contributed by atoms with Gasteiger partial charge in [0.05, 0.1) is 33.9 Å². The summed E-state index contributed by atoms with van der Waals surface area (Å²) < 4.78 is 0. The summed E-state index contributed by atoms with van der Waals surface area (Å²) in [6.07, 6.45) is 0. The minimum Gasteiger partial charge on any atom is -0.340 e. The van der Waals surface area contributed by atoms with E-state index in [2.05, 4.69) is 5.32 Å². The van der Waals surface area contributed by atoms with Crippen molar-refractivity contribution in [3.63, 3.8) is 0 Å². The van der Waals surface area contributed by atoms with Crippen LogP contribution >= 0.6 is 23.2 Å². The van der Waals surface area contributed by atoms with E-state index in [1.807, 2.05) is 30.3 Å². The van der Waals surface area contributed by atoms with E-state index >= 15 is 0 Å². The molecule has 2 aliphatic heterocycles. The molecular formula is C23H22Cl2N4O3. The Morgan fingerprint density at radius 3 is 2.56 bits per heavy atom. The summed E-state index contributed by atoms with van der Waals surface area (Å²) in [6.45, 7) is 0.514. The van der Waals surface area contributed by atoms with E-state index in [0.717, 1.165) is 5.56 Å². The van der Waals surface area contributed by atoms with Gasteiger partial charge in [-0.2, -0.15) is 0 Å². The highest BCUT2D eigenvalue weighted by Gasteiger charge is 2.44. The highest BCUT2D eigenvalue weighted by molar-refractivity contribution is 6.42. The first-order chi connectivity index (χ1) is 15.3. The molecule has 2 heterocycles. The molecule has 1 N–H and O–H groups in total. The first kappa shape index (κ1) is 22.2. The lowest BCUT2D eigenvalue weighted by molar-refractivity contribution is -0.137. The molecule has 2 aromatic carbocycles. The van der Waals surface area contributed by atoms with Gasteiger partial charge >= 0.3 is 6.03 Å². The van der Waals surface area contributed by atoms with Gasteiger partial charge in [-0.05, 0) is 17.2 Å². The molecule has 0 aromatic heterocycles. The van der Waals surface area contributed by atoms with Crippen LogP contribution in [0.4, 0.5) is 4.79 Å². The van der Waals surface area contributed by atoms with E-state index in [4.69, 9.17) is 23.2 Å². The lowest BCUT2D eigenvalue weighted by atomic mass is 9.95. The first-order valence-electron chi connectivity index (χ1n) is 10.1. The molecule has 1 unspecified atom stereocenters. The fourth-order valence-electron chi connectivity index (χ4n) is 3.96. The lowest BCUT2D eigenvalue weighted by Gasteiger charge is -2.31. The molecule has 166 valence electrons. The molecule has 2 aromatic rings. The van der Waals surface area contributed by atoms with Gasteiger partial charge in [0.25, 0.3) is 5.91 Å². The maximum Gasteiger partial charge on any atom is 0.322 e. The van der Waals surface area contributed by atoms with Crippen LogP contribution in [-0.2, 0) is 16.1 Å². The molecule has 0 saturated heterocycles. The monoisotopic (exact) mass is 472 g/mol. The maximum absolute atomic E-state index is 13.3. The molecule has 9 heteroatoms. The van der Waals surface area contributed by atoms with Crippen LogP contribution < -0.4 is 5.32 Å². The normalized spacial score (nSPS) is 18.1. The highest BCUT2D eigenvalue weighted by atomic mass is 35.5. The summed E-state index contributed by atoms with van der Waals surface area (Å²) in [7, 11) is 3.30. The molecule has 0 fully saturated rings. The second kappa shape index (κ2) is 8.84. The largest absolute Gasteiger partial charge is 0.340 e. The smallest absolute Gasteiger partial charge is 0.322 e. The van der Waals surface area contributed by atoms with Gasteiger partial charge in [0, 0.05) is 20.6 Å². The maximum atomic E-state index is 13.3. The Hall–Kier alpha value is -3.03. The second-order valence-electron chi connectivity index (χ2n) is 7.84. The zero-order chi connectivity index (χ0) is 23.0. The minimum atomic E-state index is -0.741. The summed E-state index contributed by atoms with van der Waals surface area (Å²) in [4.78, 5) is 43.2. The summed E-state index contributed by atoms with van der Waals surface area (Å²) in [5.74, 6) is -0.504. The number of rotatable bonds is 5. The Bertz CT molecular complexity index is 1120. The third kappa shape index (κ3) is 4.06. The average Bonchev–Trinajstić information content (AvgIpc) is 3.10. The van der Waals surface area contributed by atoms with Crippen LogP contribution in [0.25, 0.3) is 0 Å². The predicted octanol–water partition coefficient (Wildman–Crippen LogP) is 3.44. The predicted molar refractivity (Wildman–Crippen MR) is 122 cm³/mol. The molecule has 32 heavy (non-hydrogen) atoms. The van der Waals surface area contributed by atoms with Crippen LogP contribution in [0.2, 0.25) is 10.0 Å². The molecule has 1 atom stereocenters. The number of urea groups is 1. The summed E-state index contributed by atoms with van der Waals surface area (Å²) in [5.41, 5.74) is 2.49. The van der Waals surface area contributed by atoms with E-state index in [-0.39, 0.29) is 36.0 Å². The topological polar surface area (TPSA) is 73.0 Å². The number of halogens is 2.